The third kappa shape index (κ3) is 5.54. The van der Waals surface area contributed by atoms with Crippen LogP contribution in [-0.4, -0.2) is 33.8 Å². The zero-order valence-electron chi connectivity index (χ0n) is 14.8. The number of aromatic nitrogens is 2. The van der Waals surface area contributed by atoms with Crippen LogP contribution in [0.15, 0.2) is 50.7 Å². The fourth-order valence-corrected chi connectivity index (χ4v) is 3.56. The second kappa shape index (κ2) is 9.01. The Kier molecular flexibility index (Phi) is 6.46. The molecule has 27 heavy (non-hydrogen) atoms. The molecule has 0 saturated carbocycles. The highest BCUT2D eigenvalue weighted by atomic mass is 32.2. The highest BCUT2D eigenvalue weighted by Crippen LogP contribution is 2.24. The van der Waals surface area contributed by atoms with E-state index in [1.54, 1.807) is 30.2 Å². The average Bonchev–Trinajstić information content (AvgIpc) is 3.33. The monoisotopic (exact) mass is 407 g/mol. The zero-order valence-corrected chi connectivity index (χ0v) is 16.4. The number of carbonyl (C=O) groups is 1. The lowest BCUT2D eigenvalue weighted by atomic mass is 10.3. The van der Waals surface area contributed by atoms with Gasteiger partial charge in [-0.1, -0.05) is 11.8 Å². The van der Waals surface area contributed by atoms with E-state index in [2.05, 4.69) is 10.2 Å². The van der Waals surface area contributed by atoms with Crippen molar-refractivity contribution in [1.29, 1.82) is 0 Å². The van der Waals surface area contributed by atoms with Crippen molar-refractivity contribution >= 4 is 29.0 Å². The maximum absolute atomic E-state index is 12.9. The summed E-state index contributed by atoms with van der Waals surface area (Å²) in [6.07, 6.45) is -0.491. The fourth-order valence-electron chi connectivity index (χ4n) is 2.19. The zero-order chi connectivity index (χ0) is 19.2. The first-order valence-electron chi connectivity index (χ1n) is 8.14. The molecule has 9 heteroatoms. The van der Waals surface area contributed by atoms with Gasteiger partial charge in [-0.15, -0.1) is 10.2 Å². The van der Waals surface area contributed by atoms with Gasteiger partial charge in [0.05, 0.1) is 5.75 Å². The van der Waals surface area contributed by atoms with E-state index < -0.39 is 6.10 Å². The number of nitrogens with zero attached hydrogens (tertiary/aromatic N) is 3. The number of thioether (sulfide) groups is 1. The van der Waals surface area contributed by atoms with Crippen LogP contribution in [0.4, 0.5) is 4.39 Å². The second-order valence-corrected chi connectivity index (χ2v) is 7.50. The van der Waals surface area contributed by atoms with E-state index in [0.717, 1.165) is 5.56 Å². The molecule has 0 N–H and O–H groups in total. The Morgan fingerprint density at radius 3 is 2.81 bits per heavy atom. The van der Waals surface area contributed by atoms with Gasteiger partial charge in [0.1, 0.15) is 11.6 Å². The van der Waals surface area contributed by atoms with Gasteiger partial charge in [-0.05, 0) is 53.6 Å². The van der Waals surface area contributed by atoms with Crippen molar-refractivity contribution in [2.24, 2.45) is 0 Å². The number of ether oxygens (including phenoxy) is 1. The number of benzene rings is 1. The molecule has 0 fully saturated rings. The molecule has 6 nitrogen and oxygen atoms in total. The molecule has 3 aromatic rings. The average molecular weight is 407 g/mol. The summed E-state index contributed by atoms with van der Waals surface area (Å²) in [5.41, 5.74) is 1.10. The molecule has 2 aromatic heterocycles. The fraction of sp³-hybridized carbons (Fsp3) is 0.278. The normalized spacial score (nSPS) is 12.0. The molecule has 1 aromatic carbocycles. The van der Waals surface area contributed by atoms with Crippen LogP contribution in [0.1, 0.15) is 24.5 Å². The Morgan fingerprint density at radius 1 is 1.33 bits per heavy atom. The quantitative estimate of drug-likeness (QED) is 0.522. The first-order valence-corrected chi connectivity index (χ1v) is 10.1. The largest absolute Gasteiger partial charge is 0.481 e. The summed E-state index contributed by atoms with van der Waals surface area (Å²) in [6.45, 7) is 2.33. The maximum atomic E-state index is 12.9. The number of amides is 1. The van der Waals surface area contributed by atoms with E-state index in [1.165, 1.54) is 36.0 Å². The van der Waals surface area contributed by atoms with Gasteiger partial charge < -0.3 is 14.1 Å². The minimum atomic E-state index is -0.491. The van der Waals surface area contributed by atoms with Gasteiger partial charge in [0.15, 0.2) is 6.10 Å². The van der Waals surface area contributed by atoms with Gasteiger partial charge in [0.2, 0.25) is 5.91 Å². The summed E-state index contributed by atoms with van der Waals surface area (Å²) in [7, 11) is 1.76. The topological polar surface area (TPSA) is 68.5 Å². The van der Waals surface area contributed by atoms with E-state index in [-0.39, 0.29) is 17.5 Å². The van der Waals surface area contributed by atoms with Gasteiger partial charge in [-0.3, -0.25) is 4.79 Å². The number of hydrogen-bond acceptors (Lipinski definition) is 7. The Morgan fingerprint density at radius 2 is 2.11 bits per heavy atom. The first-order chi connectivity index (χ1) is 13.0. The molecular formula is C18H18FN3O3S2. The molecule has 3 rings (SSSR count). The van der Waals surface area contributed by atoms with E-state index in [9.17, 15) is 9.18 Å². The van der Waals surface area contributed by atoms with Gasteiger partial charge in [0.25, 0.3) is 11.1 Å². The SMILES string of the molecule is CC(Oc1ccc(F)cc1)c1nnc(SCC(=O)N(C)Cc2ccsc2)o1. The second-order valence-electron chi connectivity index (χ2n) is 5.79. The molecule has 0 aliphatic rings. The Hall–Kier alpha value is -2.39. The molecule has 1 amide bonds. The van der Waals surface area contributed by atoms with Crippen molar-refractivity contribution in [2.45, 2.75) is 24.8 Å². The predicted octanol–water partition coefficient (Wildman–Crippen LogP) is 4.16. The van der Waals surface area contributed by atoms with Gasteiger partial charge in [0, 0.05) is 13.6 Å². The van der Waals surface area contributed by atoms with Crippen LogP contribution in [0.5, 0.6) is 5.75 Å². The van der Waals surface area contributed by atoms with Crippen LogP contribution in [0.2, 0.25) is 0 Å². The van der Waals surface area contributed by atoms with Crippen molar-refractivity contribution < 1.29 is 18.3 Å². The lowest BCUT2D eigenvalue weighted by Crippen LogP contribution is -2.27. The van der Waals surface area contributed by atoms with Crippen molar-refractivity contribution in [1.82, 2.24) is 15.1 Å². The van der Waals surface area contributed by atoms with Crippen LogP contribution in [0.25, 0.3) is 0 Å². The Balaban J connectivity index is 1.49. The molecule has 0 radical (unpaired) electrons. The lowest BCUT2D eigenvalue weighted by Gasteiger charge is -2.15. The molecule has 142 valence electrons. The smallest absolute Gasteiger partial charge is 0.277 e. The highest BCUT2D eigenvalue weighted by Gasteiger charge is 2.18. The molecule has 1 atom stereocenters. The number of hydrogen-bond donors (Lipinski definition) is 0. The number of rotatable bonds is 8. The van der Waals surface area contributed by atoms with Crippen LogP contribution in [0.3, 0.4) is 0 Å². The summed E-state index contributed by atoms with van der Waals surface area (Å²) >= 11 is 2.79. The summed E-state index contributed by atoms with van der Waals surface area (Å²) in [5, 5.41) is 12.2. The maximum Gasteiger partial charge on any atom is 0.277 e. The standard InChI is InChI=1S/C18H18FN3O3S2/c1-12(24-15-5-3-14(19)4-6-15)17-20-21-18(25-17)27-11-16(23)22(2)9-13-7-8-26-10-13/h3-8,10,12H,9,11H2,1-2H3. The van der Waals surface area contributed by atoms with E-state index in [4.69, 9.17) is 9.15 Å². The number of thiophene rings is 1. The molecule has 0 saturated heterocycles. The van der Waals surface area contributed by atoms with Gasteiger partial charge >= 0.3 is 0 Å². The third-order valence-electron chi connectivity index (χ3n) is 3.64. The summed E-state index contributed by atoms with van der Waals surface area (Å²) in [6, 6.07) is 7.68. The van der Waals surface area contributed by atoms with Crippen LogP contribution in [-0.2, 0) is 11.3 Å². The van der Waals surface area contributed by atoms with Gasteiger partial charge in [-0.25, -0.2) is 4.39 Å². The summed E-state index contributed by atoms with van der Waals surface area (Å²) in [5.74, 6) is 0.638. The van der Waals surface area contributed by atoms with E-state index in [0.29, 0.717) is 23.4 Å². The predicted molar refractivity (Wildman–Crippen MR) is 101 cm³/mol. The van der Waals surface area contributed by atoms with Crippen molar-refractivity contribution in [3.63, 3.8) is 0 Å². The molecule has 1 unspecified atom stereocenters. The Labute approximate surface area is 164 Å². The van der Waals surface area contributed by atoms with Gasteiger partial charge in [-0.2, -0.15) is 11.3 Å². The molecular weight excluding hydrogens is 389 g/mol. The summed E-state index contributed by atoms with van der Waals surface area (Å²) in [4.78, 5) is 13.9. The summed E-state index contributed by atoms with van der Waals surface area (Å²) < 4.78 is 24.1. The molecule has 0 aliphatic carbocycles. The van der Waals surface area contributed by atoms with Crippen LogP contribution >= 0.6 is 23.1 Å². The number of halogens is 1. The molecule has 2 heterocycles. The van der Waals surface area contributed by atoms with Crippen molar-refractivity contribution in [2.75, 3.05) is 12.8 Å². The minimum absolute atomic E-state index is 0.0263. The van der Waals surface area contributed by atoms with Crippen molar-refractivity contribution in [3.8, 4) is 5.75 Å². The minimum Gasteiger partial charge on any atom is -0.481 e. The lowest BCUT2D eigenvalue weighted by molar-refractivity contribution is -0.127. The molecule has 0 bridgehead atoms. The molecule has 0 spiro atoms. The number of carbonyl (C=O) groups excluding carboxylic acids is 1. The van der Waals surface area contributed by atoms with E-state index in [1.807, 2.05) is 16.8 Å². The van der Waals surface area contributed by atoms with Crippen molar-refractivity contribution in [3.05, 3.63) is 58.4 Å². The van der Waals surface area contributed by atoms with Crippen LogP contribution in [0, 0.1) is 5.82 Å². The highest BCUT2D eigenvalue weighted by molar-refractivity contribution is 7.99. The first kappa shape index (κ1) is 19.4. The van der Waals surface area contributed by atoms with Crippen LogP contribution < -0.4 is 4.74 Å². The Bertz CT molecular complexity index is 868. The molecule has 0 aliphatic heterocycles. The third-order valence-corrected chi connectivity index (χ3v) is 5.18. The van der Waals surface area contributed by atoms with E-state index >= 15 is 0 Å².